The molecule has 4 rings (SSSR count). The zero-order valence-electron chi connectivity index (χ0n) is 12.7. The van der Waals surface area contributed by atoms with Gasteiger partial charge in [0.15, 0.2) is 0 Å². The fourth-order valence-corrected chi connectivity index (χ4v) is 4.51. The summed E-state index contributed by atoms with van der Waals surface area (Å²) in [6.07, 6.45) is 8.25. The normalized spacial score (nSPS) is 34.9. The van der Waals surface area contributed by atoms with Crippen molar-refractivity contribution in [1.29, 1.82) is 0 Å². The second-order valence-electron chi connectivity index (χ2n) is 6.85. The maximum atomic E-state index is 9.16. The minimum Gasteiger partial charge on any atom is -0.394 e. The van der Waals surface area contributed by atoms with E-state index < -0.39 is 0 Å². The van der Waals surface area contributed by atoms with E-state index in [-0.39, 0.29) is 6.61 Å². The van der Waals surface area contributed by atoms with E-state index in [1.54, 1.807) is 0 Å². The number of hydrogen-bond donors (Lipinski definition) is 2. The first-order chi connectivity index (χ1) is 10.3. The van der Waals surface area contributed by atoms with E-state index in [1.807, 2.05) is 10.9 Å². The lowest BCUT2D eigenvalue weighted by atomic mass is 9.88. The summed E-state index contributed by atoms with van der Waals surface area (Å²) in [4.78, 5) is 2.61. The molecular formula is C16H26N4O. The Morgan fingerprint density at radius 2 is 2.19 bits per heavy atom. The summed E-state index contributed by atoms with van der Waals surface area (Å²) in [5.41, 5.74) is 2.73. The highest BCUT2D eigenvalue weighted by atomic mass is 16.3. The maximum absolute atomic E-state index is 9.16. The molecule has 2 N–H and O–H groups in total. The molecule has 21 heavy (non-hydrogen) atoms. The van der Waals surface area contributed by atoms with E-state index in [4.69, 9.17) is 5.11 Å². The average molecular weight is 290 g/mol. The van der Waals surface area contributed by atoms with Gasteiger partial charge >= 0.3 is 0 Å². The predicted octanol–water partition coefficient (Wildman–Crippen LogP) is 0.937. The highest BCUT2D eigenvalue weighted by Gasteiger charge is 2.36. The molecule has 4 atom stereocenters. The summed E-state index contributed by atoms with van der Waals surface area (Å²) >= 11 is 0. The van der Waals surface area contributed by atoms with Crippen molar-refractivity contribution in [2.24, 2.45) is 5.92 Å². The Hall–Kier alpha value is -0.910. The molecule has 0 radical (unpaired) electrons. The van der Waals surface area contributed by atoms with Crippen molar-refractivity contribution >= 4 is 0 Å². The number of nitrogens with zero attached hydrogens (tertiary/aromatic N) is 3. The Morgan fingerprint density at radius 3 is 3.10 bits per heavy atom. The minimum absolute atomic E-state index is 0.173. The van der Waals surface area contributed by atoms with Gasteiger partial charge in [0.25, 0.3) is 0 Å². The zero-order chi connectivity index (χ0) is 14.2. The van der Waals surface area contributed by atoms with Gasteiger partial charge in [0.2, 0.25) is 0 Å². The van der Waals surface area contributed by atoms with E-state index in [2.05, 4.69) is 15.3 Å². The fourth-order valence-electron chi connectivity index (χ4n) is 4.51. The average Bonchev–Trinajstić information content (AvgIpc) is 3.08. The van der Waals surface area contributed by atoms with Crippen LogP contribution in [0.15, 0.2) is 6.20 Å². The molecule has 5 nitrogen and oxygen atoms in total. The van der Waals surface area contributed by atoms with E-state index in [0.29, 0.717) is 18.6 Å². The number of aromatic nitrogens is 2. The molecule has 2 fully saturated rings. The van der Waals surface area contributed by atoms with Gasteiger partial charge in [-0.05, 0) is 51.1 Å². The lowest BCUT2D eigenvalue weighted by Crippen LogP contribution is -2.45. The van der Waals surface area contributed by atoms with Crippen molar-refractivity contribution in [1.82, 2.24) is 20.0 Å². The quantitative estimate of drug-likeness (QED) is 0.866. The minimum atomic E-state index is 0.173. The third kappa shape index (κ3) is 2.51. The fraction of sp³-hybridized carbons (Fsp3) is 0.812. The SMILES string of the molecule is OCCn1ncc2c1CCCC2NC1CCN2CCC1C2. The Bertz CT molecular complexity index is 500. The highest BCUT2D eigenvalue weighted by molar-refractivity contribution is 5.25. The van der Waals surface area contributed by atoms with Crippen molar-refractivity contribution in [3.63, 3.8) is 0 Å². The summed E-state index contributed by atoms with van der Waals surface area (Å²) in [6, 6.07) is 1.15. The molecule has 3 aliphatic rings. The molecule has 0 amide bonds. The number of rotatable bonds is 4. The smallest absolute Gasteiger partial charge is 0.0644 e. The van der Waals surface area contributed by atoms with Crippen molar-refractivity contribution in [2.75, 3.05) is 26.2 Å². The summed E-state index contributed by atoms with van der Waals surface area (Å²) in [7, 11) is 0. The number of hydrogen-bond acceptors (Lipinski definition) is 4. The topological polar surface area (TPSA) is 53.3 Å². The molecule has 2 saturated heterocycles. The molecule has 1 aliphatic carbocycles. The number of aliphatic hydroxyl groups excluding tert-OH is 1. The van der Waals surface area contributed by atoms with Gasteiger partial charge in [0.1, 0.15) is 0 Å². The van der Waals surface area contributed by atoms with Gasteiger partial charge in [-0.25, -0.2) is 0 Å². The van der Waals surface area contributed by atoms with Crippen molar-refractivity contribution < 1.29 is 5.11 Å². The summed E-state index contributed by atoms with van der Waals surface area (Å²) < 4.78 is 2.00. The van der Waals surface area contributed by atoms with Gasteiger partial charge in [-0.1, -0.05) is 0 Å². The van der Waals surface area contributed by atoms with Gasteiger partial charge < -0.3 is 15.3 Å². The lowest BCUT2D eigenvalue weighted by Gasteiger charge is -2.35. The molecule has 5 heteroatoms. The summed E-state index contributed by atoms with van der Waals surface area (Å²) in [5, 5.41) is 17.6. The van der Waals surface area contributed by atoms with Crippen LogP contribution < -0.4 is 5.32 Å². The molecule has 2 aliphatic heterocycles. The lowest BCUT2D eigenvalue weighted by molar-refractivity contribution is 0.205. The van der Waals surface area contributed by atoms with Crippen LogP contribution in [0.25, 0.3) is 0 Å². The van der Waals surface area contributed by atoms with Gasteiger partial charge in [-0.2, -0.15) is 5.10 Å². The predicted molar refractivity (Wildman–Crippen MR) is 81.1 cm³/mol. The Labute approximate surface area is 126 Å². The molecule has 1 aromatic heterocycles. The first-order valence-electron chi connectivity index (χ1n) is 8.49. The van der Waals surface area contributed by atoms with E-state index in [9.17, 15) is 0 Å². The van der Waals surface area contributed by atoms with Crippen molar-refractivity contribution in [3.05, 3.63) is 17.5 Å². The number of fused-ring (bicyclic) bond motifs is 3. The van der Waals surface area contributed by atoms with Gasteiger partial charge in [0.05, 0.1) is 19.3 Å². The summed E-state index contributed by atoms with van der Waals surface area (Å²) in [5.74, 6) is 0.844. The third-order valence-electron chi connectivity index (χ3n) is 5.62. The Balaban J connectivity index is 1.49. The largest absolute Gasteiger partial charge is 0.394 e. The number of piperidine rings is 1. The van der Waals surface area contributed by atoms with Crippen LogP contribution in [0.1, 0.15) is 43.0 Å². The Morgan fingerprint density at radius 1 is 1.29 bits per heavy atom. The summed E-state index contributed by atoms with van der Waals surface area (Å²) in [6.45, 7) is 4.65. The van der Waals surface area contributed by atoms with Gasteiger partial charge in [0, 0.05) is 29.9 Å². The number of aliphatic hydroxyl groups is 1. The maximum Gasteiger partial charge on any atom is 0.0644 e. The molecule has 3 heterocycles. The standard InChI is InChI=1S/C16H26N4O/c21-9-8-20-16-3-1-2-15(13(16)10-17-20)18-14-5-7-19-6-4-12(14)11-19/h10,12,14-15,18,21H,1-9,11H2. The molecule has 1 aromatic rings. The zero-order valence-corrected chi connectivity index (χ0v) is 12.7. The third-order valence-corrected chi connectivity index (χ3v) is 5.62. The van der Waals surface area contributed by atoms with Crippen molar-refractivity contribution in [2.45, 2.75) is 50.7 Å². The molecule has 2 bridgehead atoms. The number of nitrogens with one attached hydrogen (secondary N) is 1. The van der Waals surface area contributed by atoms with Crippen LogP contribution in [-0.2, 0) is 13.0 Å². The molecule has 0 saturated carbocycles. The van der Waals surface area contributed by atoms with Crippen LogP contribution in [0.4, 0.5) is 0 Å². The van der Waals surface area contributed by atoms with Crippen LogP contribution in [0.2, 0.25) is 0 Å². The van der Waals surface area contributed by atoms with Crippen molar-refractivity contribution in [3.8, 4) is 0 Å². The van der Waals surface area contributed by atoms with Crippen LogP contribution in [0.3, 0.4) is 0 Å². The molecule has 116 valence electrons. The van der Waals surface area contributed by atoms with Crippen LogP contribution in [0.5, 0.6) is 0 Å². The molecule has 4 unspecified atom stereocenters. The van der Waals surface area contributed by atoms with Crippen LogP contribution >= 0.6 is 0 Å². The van der Waals surface area contributed by atoms with E-state index in [0.717, 1.165) is 12.3 Å². The molecular weight excluding hydrogens is 264 g/mol. The first kappa shape index (κ1) is 13.7. The molecule has 0 spiro atoms. The van der Waals surface area contributed by atoms with Gasteiger partial charge in [-0.3, -0.25) is 4.68 Å². The second kappa shape index (κ2) is 5.71. The van der Waals surface area contributed by atoms with E-state index in [1.165, 1.54) is 56.6 Å². The van der Waals surface area contributed by atoms with Crippen LogP contribution in [0, 0.1) is 5.92 Å². The molecule has 0 aromatic carbocycles. The highest BCUT2D eigenvalue weighted by Crippen LogP contribution is 2.33. The monoisotopic (exact) mass is 290 g/mol. The Kier molecular flexibility index (Phi) is 3.73. The first-order valence-corrected chi connectivity index (χ1v) is 8.49. The second-order valence-corrected chi connectivity index (χ2v) is 6.85. The van der Waals surface area contributed by atoms with Crippen LogP contribution in [-0.4, -0.2) is 52.1 Å². The van der Waals surface area contributed by atoms with Gasteiger partial charge in [-0.15, -0.1) is 0 Å². The van der Waals surface area contributed by atoms with E-state index >= 15 is 0 Å².